The molecule has 3 aromatic rings. The smallest absolute Gasteiger partial charge is 0.295 e. The van der Waals surface area contributed by atoms with Crippen LogP contribution >= 0.6 is 11.6 Å². The number of halogens is 1. The molecule has 1 aliphatic rings. The summed E-state index contributed by atoms with van der Waals surface area (Å²) in [5.74, 6) is -3.25. The van der Waals surface area contributed by atoms with Crippen LogP contribution in [0, 0.1) is 5.92 Å². The summed E-state index contributed by atoms with van der Waals surface area (Å²) in [6, 6.07) is 20.9. The number of carbonyl (C=O) groups excluding carboxylic acids is 4. The summed E-state index contributed by atoms with van der Waals surface area (Å²) in [5.41, 5.74) is 1.92. The van der Waals surface area contributed by atoms with Crippen LogP contribution in [0.25, 0.3) is 0 Å². The Kier molecular flexibility index (Phi) is 5.53. The Morgan fingerprint density at radius 3 is 1.97 bits per heavy atom. The molecule has 1 fully saturated rings. The van der Waals surface area contributed by atoms with Gasteiger partial charge in [0, 0.05) is 21.8 Å². The van der Waals surface area contributed by atoms with Crippen LogP contribution in [0.2, 0.25) is 5.02 Å². The van der Waals surface area contributed by atoms with E-state index in [0.717, 1.165) is 0 Å². The lowest BCUT2D eigenvalue weighted by Crippen LogP contribution is -2.30. The fourth-order valence-corrected chi connectivity index (χ4v) is 3.98. The van der Waals surface area contributed by atoms with Crippen molar-refractivity contribution in [1.82, 2.24) is 0 Å². The maximum absolute atomic E-state index is 13.3. The number of nitrogens with zero attached hydrogens (tertiary/aromatic N) is 1. The van der Waals surface area contributed by atoms with E-state index in [1.54, 1.807) is 72.8 Å². The minimum absolute atomic E-state index is 0.106. The average Bonchev–Trinajstić information content (AvgIpc) is 3.05. The van der Waals surface area contributed by atoms with Crippen molar-refractivity contribution in [2.24, 2.45) is 5.92 Å². The summed E-state index contributed by atoms with van der Waals surface area (Å²) < 4.78 is 0. The lowest BCUT2D eigenvalue weighted by Gasteiger charge is -2.27. The Morgan fingerprint density at radius 1 is 0.806 bits per heavy atom. The number of hydrogen-bond donors (Lipinski definition) is 0. The fourth-order valence-electron chi connectivity index (χ4n) is 3.85. The van der Waals surface area contributed by atoms with E-state index in [1.165, 1.54) is 11.8 Å². The standard InChI is InChI=1S/C25H18ClNO4/c1-15(28)16-9-13-20(14-10-16)27-22(17-5-3-2-4-6-17)21(24(30)25(27)31)23(29)18-7-11-19(26)12-8-18/h2-14,21-22H,1H3. The van der Waals surface area contributed by atoms with Crippen molar-refractivity contribution in [2.75, 3.05) is 4.90 Å². The molecule has 3 aromatic carbocycles. The van der Waals surface area contributed by atoms with Crippen LogP contribution in [0.4, 0.5) is 5.69 Å². The van der Waals surface area contributed by atoms with Crippen molar-refractivity contribution in [3.63, 3.8) is 0 Å². The summed E-state index contributed by atoms with van der Waals surface area (Å²) in [5, 5.41) is 0.470. The SMILES string of the molecule is CC(=O)c1ccc(N2C(=O)C(=O)C(C(=O)c3ccc(Cl)cc3)C2c2ccccc2)cc1. The van der Waals surface area contributed by atoms with Crippen LogP contribution in [0.3, 0.4) is 0 Å². The predicted octanol–water partition coefficient (Wildman–Crippen LogP) is 4.70. The van der Waals surface area contributed by atoms with E-state index in [2.05, 4.69) is 0 Å². The third-order valence-corrected chi connectivity index (χ3v) is 5.66. The summed E-state index contributed by atoms with van der Waals surface area (Å²) in [6.45, 7) is 1.45. The summed E-state index contributed by atoms with van der Waals surface area (Å²) >= 11 is 5.93. The minimum Gasteiger partial charge on any atom is -0.297 e. The monoisotopic (exact) mass is 431 g/mol. The molecular formula is C25H18ClNO4. The Bertz CT molecular complexity index is 1170. The van der Waals surface area contributed by atoms with Gasteiger partial charge in [0.05, 0.1) is 6.04 Å². The molecule has 1 heterocycles. The molecule has 5 nitrogen and oxygen atoms in total. The van der Waals surface area contributed by atoms with Crippen molar-refractivity contribution in [2.45, 2.75) is 13.0 Å². The van der Waals surface area contributed by atoms with Crippen LogP contribution in [0.1, 0.15) is 39.2 Å². The number of ketones is 3. The first-order chi connectivity index (χ1) is 14.9. The number of rotatable bonds is 5. The highest BCUT2D eigenvalue weighted by atomic mass is 35.5. The minimum atomic E-state index is -1.19. The third-order valence-electron chi connectivity index (χ3n) is 5.41. The van der Waals surface area contributed by atoms with Crippen LogP contribution < -0.4 is 4.90 Å². The van der Waals surface area contributed by atoms with E-state index in [9.17, 15) is 19.2 Å². The first-order valence-electron chi connectivity index (χ1n) is 9.71. The second-order valence-electron chi connectivity index (χ2n) is 7.35. The Morgan fingerprint density at radius 2 is 1.39 bits per heavy atom. The van der Waals surface area contributed by atoms with Gasteiger partial charge in [0.1, 0.15) is 5.92 Å². The van der Waals surface area contributed by atoms with Gasteiger partial charge >= 0.3 is 0 Å². The van der Waals surface area contributed by atoms with Crippen molar-refractivity contribution >= 4 is 40.5 Å². The zero-order chi connectivity index (χ0) is 22.1. The Hall–Kier alpha value is -3.57. The number of benzene rings is 3. The highest BCUT2D eigenvalue weighted by molar-refractivity contribution is 6.49. The highest BCUT2D eigenvalue weighted by Crippen LogP contribution is 2.41. The second kappa shape index (κ2) is 8.28. The first-order valence-corrected chi connectivity index (χ1v) is 10.1. The molecule has 6 heteroatoms. The normalized spacial score (nSPS) is 18.3. The molecule has 0 bridgehead atoms. The van der Waals surface area contributed by atoms with Gasteiger partial charge in [-0.15, -0.1) is 0 Å². The van der Waals surface area contributed by atoms with Gasteiger partial charge in [-0.05, 0) is 61.0 Å². The molecule has 1 amide bonds. The molecule has 0 N–H and O–H groups in total. The highest BCUT2D eigenvalue weighted by Gasteiger charge is 2.52. The molecule has 2 atom stereocenters. The number of carbonyl (C=O) groups is 4. The molecule has 2 unspecified atom stereocenters. The van der Waals surface area contributed by atoms with E-state index in [0.29, 0.717) is 27.4 Å². The fraction of sp³-hybridized carbons (Fsp3) is 0.120. The number of anilines is 1. The maximum Gasteiger partial charge on any atom is 0.295 e. The van der Waals surface area contributed by atoms with Gasteiger partial charge in [-0.3, -0.25) is 24.1 Å². The van der Waals surface area contributed by atoms with Crippen molar-refractivity contribution in [3.05, 3.63) is 101 Å². The molecule has 1 saturated heterocycles. The van der Waals surface area contributed by atoms with E-state index < -0.39 is 29.4 Å². The molecule has 0 radical (unpaired) electrons. The van der Waals surface area contributed by atoms with Gasteiger partial charge in [-0.2, -0.15) is 0 Å². The molecular weight excluding hydrogens is 414 g/mol. The van der Waals surface area contributed by atoms with Gasteiger partial charge < -0.3 is 0 Å². The van der Waals surface area contributed by atoms with E-state index in [1.807, 2.05) is 6.07 Å². The van der Waals surface area contributed by atoms with E-state index in [4.69, 9.17) is 11.6 Å². The molecule has 0 saturated carbocycles. The van der Waals surface area contributed by atoms with Gasteiger partial charge in [0.2, 0.25) is 5.78 Å². The molecule has 154 valence electrons. The average molecular weight is 432 g/mol. The van der Waals surface area contributed by atoms with Crippen LogP contribution in [-0.2, 0) is 9.59 Å². The number of Topliss-reactive ketones (excluding diaryl/α,β-unsaturated/α-hetero) is 3. The van der Waals surface area contributed by atoms with E-state index in [-0.39, 0.29) is 5.78 Å². The Balaban J connectivity index is 1.82. The van der Waals surface area contributed by atoms with Gasteiger partial charge in [-0.1, -0.05) is 41.9 Å². The van der Waals surface area contributed by atoms with Gasteiger partial charge in [0.15, 0.2) is 11.6 Å². The molecule has 0 aromatic heterocycles. The first kappa shape index (κ1) is 20.7. The zero-order valence-electron chi connectivity index (χ0n) is 16.6. The second-order valence-corrected chi connectivity index (χ2v) is 7.78. The zero-order valence-corrected chi connectivity index (χ0v) is 17.4. The van der Waals surface area contributed by atoms with E-state index >= 15 is 0 Å². The maximum atomic E-state index is 13.3. The lowest BCUT2D eigenvalue weighted by molar-refractivity contribution is -0.135. The number of amides is 1. The largest absolute Gasteiger partial charge is 0.297 e. The summed E-state index contributed by atoms with van der Waals surface area (Å²) in [4.78, 5) is 52.4. The molecule has 31 heavy (non-hydrogen) atoms. The molecule has 0 spiro atoms. The van der Waals surface area contributed by atoms with Crippen molar-refractivity contribution in [3.8, 4) is 0 Å². The predicted molar refractivity (Wildman–Crippen MR) is 117 cm³/mol. The quantitative estimate of drug-likeness (QED) is 0.333. The third kappa shape index (κ3) is 3.80. The van der Waals surface area contributed by atoms with Crippen molar-refractivity contribution < 1.29 is 19.2 Å². The Labute approximate surface area is 184 Å². The van der Waals surface area contributed by atoms with Crippen molar-refractivity contribution in [1.29, 1.82) is 0 Å². The lowest BCUT2D eigenvalue weighted by atomic mass is 9.86. The van der Waals surface area contributed by atoms with Crippen LogP contribution in [0.15, 0.2) is 78.9 Å². The molecule has 4 rings (SSSR count). The van der Waals surface area contributed by atoms with Crippen LogP contribution in [-0.4, -0.2) is 23.3 Å². The number of hydrogen-bond acceptors (Lipinski definition) is 4. The van der Waals surface area contributed by atoms with Gasteiger partial charge in [0.25, 0.3) is 5.91 Å². The molecule has 0 aliphatic carbocycles. The topological polar surface area (TPSA) is 71.5 Å². The summed E-state index contributed by atoms with van der Waals surface area (Å²) in [6.07, 6.45) is 0. The van der Waals surface area contributed by atoms with Crippen LogP contribution in [0.5, 0.6) is 0 Å². The van der Waals surface area contributed by atoms with Gasteiger partial charge in [-0.25, -0.2) is 0 Å². The molecule has 1 aliphatic heterocycles. The summed E-state index contributed by atoms with van der Waals surface area (Å²) in [7, 11) is 0.